The van der Waals surface area contributed by atoms with Crippen molar-refractivity contribution < 1.29 is 0 Å². The molecule has 0 nitrogen and oxygen atoms in total. The molecule has 0 radical (unpaired) electrons. The van der Waals surface area contributed by atoms with E-state index in [0.717, 1.165) is 0 Å². The molecule has 0 aliphatic rings. The van der Waals surface area contributed by atoms with E-state index in [1.54, 1.807) is 0 Å². The van der Waals surface area contributed by atoms with Gasteiger partial charge in [0.2, 0.25) is 6.71 Å². The summed E-state index contributed by atoms with van der Waals surface area (Å²) >= 11 is 0. The van der Waals surface area contributed by atoms with Gasteiger partial charge in [-0.15, -0.1) is 6.42 Å². The van der Waals surface area contributed by atoms with Crippen LogP contribution in [-0.4, -0.2) is 6.71 Å². The van der Waals surface area contributed by atoms with Gasteiger partial charge in [-0.2, -0.15) is 5.82 Å². The molecular formula is C4H7B. The van der Waals surface area contributed by atoms with E-state index in [1.165, 1.54) is 0 Å². The molecule has 0 heterocycles. The second-order valence-corrected chi connectivity index (χ2v) is 1.32. The summed E-state index contributed by atoms with van der Waals surface area (Å²) in [5.74, 6) is 2.53. The average Bonchev–Trinajstić information content (AvgIpc) is 1.38. The van der Waals surface area contributed by atoms with Gasteiger partial charge in [0.15, 0.2) is 0 Å². The van der Waals surface area contributed by atoms with Crippen molar-refractivity contribution in [3.63, 3.8) is 0 Å². The van der Waals surface area contributed by atoms with E-state index in [2.05, 4.69) is 5.82 Å². The number of rotatable bonds is 0. The number of terminal acetylenes is 1. The quantitative estimate of drug-likeness (QED) is 0.291. The molecule has 0 bridgehead atoms. The van der Waals surface area contributed by atoms with Crippen LogP contribution in [0.3, 0.4) is 0 Å². The minimum absolute atomic E-state index is 0.412. The van der Waals surface area contributed by atoms with Crippen LogP contribution >= 0.6 is 0 Å². The van der Waals surface area contributed by atoms with Crippen molar-refractivity contribution in [1.29, 1.82) is 0 Å². The highest BCUT2D eigenvalue weighted by Gasteiger charge is 1.83. The first-order valence-corrected chi connectivity index (χ1v) is 1.73. The second-order valence-electron chi connectivity index (χ2n) is 1.32. The maximum atomic E-state index is 4.92. The van der Waals surface area contributed by atoms with Crippen molar-refractivity contribution in [2.24, 2.45) is 0 Å². The summed E-state index contributed by atoms with van der Waals surface area (Å²) in [6.07, 6.45) is 4.92. The molecule has 1 heteroatoms. The van der Waals surface area contributed by atoms with Crippen LogP contribution in [0.2, 0.25) is 13.6 Å². The average molecular weight is 65.9 g/mol. The molecule has 0 aliphatic carbocycles. The van der Waals surface area contributed by atoms with Gasteiger partial charge in [0.05, 0.1) is 0 Å². The summed E-state index contributed by atoms with van der Waals surface area (Å²) in [7, 11) is 0. The van der Waals surface area contributed by atoms with E-state index >= 15 is 0 Å². The Morgan fingerprint density at radius 2 is 1.80 bits per heavy atom. The Labute approximate surface area is 33.7 Å². The van der Waals surface area contributed by atoms with Crippen molar-refractivity contribution in [3.05, 3.63) is 0 Å². The van der Waals surface area contributed by atoms with Gasteiger partial charge >= 0.3 is 0 Å². The fourth-order valence-corrected chi connectivity index (χ4v) is 0. The lowest BCUT2D eigenvalue weighted by Crippen LogP contribution is -1.90. The van der Waals surface area contributed by atoms with Crippen LogP contribution in [-0.2, 0) is 0 Å². The zero-order valence-corrected chi connectivity index (χ0v) is 3.65. The van der Waals surface area contributed by atoms with E-state index < -0.39 is 0 Å². The third-order valence-corrected chi connectivity index (χ3v) is 0.333. The molecule has 0 saturated heterocycles. The number of hydrogen-bond donors (Lipinski definition) is 0. The van der Waals surface area contributed by atoms with Crippen molar-refractivity contribution in [2.45, 2.75) is 13.6 Å². The Bertz CT molecular complexity index is 49.2. The van der Waals surface area contributed by atoms with Gasteiger partial charge in [-0.1, -0.05) is 13.6 Å². The molecular weight excluding hydrogens is 58.9 g/mol. The molecule has 5 heavy (non-hydrogen) atoms. The minimum Gasteiger partial charge on any atom is -0.159 e. The fraction of sp³-hybridized carbons (Fsp3) is 0.500. The summed E-state index contributed by atoms with van der Waals surface area (Å²) in [5.41, 5.74) is 0. The molecule has 0 aromatic rings. The van der Waals surface area contributed by atoms with Crippen molar-refractivity contribution in [1.82, 2.24) is 0 Å². The lowest BCUT2D eigenvalue weighted by molar-refractivity contribution is 2.05. The standard InChI is InChI=1S/C4H7B/c1-4-5(2)3/h1H,2-3H3. The van der Waals surface area contributed by atoms with Gasteiger partial charge in [-0.25, -0.2) is 0 Å². The normalized spacial score (nSPS) is 5.80. The van der Waals surface area contributed by atoms with Gasteiger partial charge in [0.1, 0.15) is 0 Å². The predicted octanol–water partition coefficient (Wildman–Crippen LogP) is 0.913. The summed E-state index contributed by atoms with van der Waals surface area (Å²) in [6.45, 7) is 4.38. The van der Waals surface area contributed by atoms with E-state index in [4.69, 9.17) is 6.42 Å². The molecule has 0 aromatic heterocycles. The number of hydrogen-bond acceptors (Lipinski definition) is 0. The SMILES string of the molecule is C#CB(C)C. The van der Waals surface area contributed by atoms with Crippen LogP contribution in [0.5, 0.6) is 0 Å². The van der Waals surface area contributed by atoms with Gasteiger partial charge < -0.3 is 0 Å². The third-order valence-electron chi connectivity index (χ3n) is 0.333. The minimum atomic E-state index is 0.412. The van der Waals surface area contributed by atoms with Crippen molar-refractivity contribution in [3.8, 4) is 12.2 Å². The predicted molar refractivity (Wildman–Crippen MR) is 26.3 cm³/mol. The Morgan fingerprint density at radius 1 is 1.60 bits per heavy atom. The lowest BCUT2D eigenvalue weighted by atomic mass is 9.56. The van der Waals surface area contributed by atoms with Gasteiger partial charge in [0, 0.05) is 0 Å². The molecule has 0 amide bonds. The van der Waals surface area contributed by atoms with E-state index in [-0.39, 0.29) is 0 Å². The first kappa shape index (κ1) is 4.62. The molecule has 0 unspecified atom stereocenters. The Hall–Kier alpha value is -0.375. The van der Waals surface area contributed by atoms with Crippen LogP contribution in [0, 0.1) is 12.2 Å². The van der Waals surface area contributed by atoms with Gasteiger partial charge in [-0.05, 0) is 0 Å². The third kappa shape index (κ3) is 3.62. The Balaban J connectivity index is 2.94. The molecule has 0 spiro atoms. The monoisotopic (exact) mass is 66.1 g/mol. The topological polar surface area (TPSA) is 0 Å². The summed E-state index contributed by atoms with van der Waals surface area (Å²) in [6, 6.07) is 0. The molecule has 0 N–H and O–H groups in total. The highest BCUT2D eigenvalue weighted by atomic mass is 13.3. The van der Waals surface area contributed by atoms with Crippen LogP contribution in [0.15, 0.2) is 0 Å². The Morgan fingerprint density at radius 3 is 1.80 bits per heavy atom. The summed E-state index contributed by atoms with van der Waals surface area (Å²) < 4.78 is 0. The molecule has 0 aromatic carbocycles. The van der Waals surface area contributed by atoms with E-state index in [0.29, 0.717) is 6.71 Å². The van der Waals surface area contributed by atoms with Crippen molar-refractivity contribution in [2.75, 3.05) is 0 Å². The Kier molecular flexibility index (Phi) is 1.76. The molecule has 26 valence electrons. The van der Waals surface area contributed by atoms with Crippen molar-refractivity contribution >= 4 is 6.71 Å². The van der Waals surface area contributed by atoms with Crippen LogP contribution < -0.4 is 0 Å². The smallest absolute Gasteiger partial charge is 0.159 e. The highest BCUT2D eigenvalue weighted by molar-refractivity contribution is 6.64. The molecule has 0 atom stereocenters. The first-order valence-electron chi connectivity index (χ1n) is 1.73. The van der Waals surface area contributed by atoms with Crippen LogP contribution in [0.4, 0.5) is 0 Å². The summed E-state index contributed by atoms with van der Waals surface area (Å²) in [5, 5.41) is 0. The first-order chi connectivity index (χ1) is 2.27. The van der Waals surface area contributed by atoms with Gasteiger partial charge in [-0.3, -0.25) is 0 Å². The maximum absolute atomic E-state index is 4.92. The second kappa shape index (κ2) is 1.90. The molecule has 0 aliphatic heterocycles. The van der Waals surface area contributed by atoms with E-state index in [1.807, 2.05) is 13.6 Å². The van der Waals surface area contributed by atoms with Gasteiger partial charge in [0.25, 0.3) is 0 Å². The lowest BCUT2D eigenvalue weighted by Gasteiger charge is -1.72. The molecule has 0 saturated carbocycles. The van der Waals surface area contributed by atoms with Crippen LogP contribution in [0.1, 0.15) is 0 Å². The zero-order valence-electron chi connectivity index (χ0n) is 3.65. The summed E-state index contributed by atoms with van der Waals surface area (Å²) in [4.78, 5) is 0. The van der Waals surface area contributed by atoms with Crippen LogP contribution in [0.25, 0.3) is 0 Å². The van der Waals surface area contributed by atoms with E-state index in [9.17, 15) is 0 Å². The highest BCUT2D eigenvalue weighted by Crippen LogP contribution is 1.67. The zero-order chi connectivity index (χ0) is 4.28. The maximum Gasteiger partial charge on any atom is 0.224 e. The molecule has 0 fully saturated rings. The largest absolute Gasteiger partial charge is 0.224 e. The molecule has 0 rings (SSSR count). The fourth-order valence-electron chi connectivity index (χ4n) is 0.